The number of thiophene rings is 1. The summed E-state index contributed by atoms with van der Waals surface area (Å²) < 4.78 is 2.14. The quantitative estimate of drug-likeness (QED) is 0.286. The number of rotatable bonds is 16. The van der Waals surface area contributed by atoms with Gasteiger partial charge in [-0.25, -0.2) is 4.98 Å². The lowest BCUT2D eigenvalue weighted by Gasteiger charge is -2.03. The van der Waals surface area contributed by atoms with Crippen LogP contribution in [-0.2, 0) is 17.8 Å². The molecule has 0 amide bonds. The number of aromatic nitrogens is 2. The first kappa shape index (κ1) is 22.3. The number of imidazole rings is 1. The Morgan fingerprint density at radius 2 is 1.61 bits per heavy atom. The molecule has 6 heteroatoms. The Balaban J connectivity index is 1.42. The van der Waals surface area contributed by atoms with Crippen molar-refractivity contribution in [2.24, 2.45) is 0 Å². The monoisotopic (exact) mass is 404 g/mol. The van der Waals surface area contributed by atoms with Crippen LogP contribution in [0.3, 0.4) is 0 Å². The van der Waals surface area contributed by atoms with Gasteiger partial charge in [-0.15, -0.1) is 11.3 Å². The third-order valence-electron chi connectivity index (χ3n) is 4.90. The lowest BCUT2D eigenvalue weighted by atomic mass is 10.1. The van der Waals surface area contributed by atoms with Crippen LogP contribution in [0.4, 0.5) is 0 Å². The normalized spacial score (nSPS) is 11.0. The van der Waals surface area contributed by atoms with Gasteiger partial charge in [-0.05, 0) is 31.4 Å². The van der Waals surface area contributed by atoms with Gasteiger partial charge in [0, 0.05) is 30.2 Å². The fourth-order valence-electron chi connectivity index (χ4n) is 3.26. The molecule has 0 radical (unpaired) electrons. The number of hydrogen-bond acceptors (Lipinski definition) is 4. The molecule has 0 aliphatic heterocycles. The SMILES string of the molecule is O=C(O)CCC(=O)c1ccc(CCCCCCCCCCCn2ccnc2)s1. The van der Waals surface area contributed by atoms with E-state index in [4.69, 9.17) is 5.11 Å². The Morgan fingerprint density at radius 1 is 0.929 bits per heavy atom. The van der Waals surface area contributed by atoms with Crippen LogP contribution in [0.15, 0.2) is 30.9 Å². The lowest BCUT2D eigenvalue weighted by molar-refractivity contribution is -0.136. The number of carboxylic acids is 1. The molecule has 0 aliphatic rings. The van der Waals surface area contributed by atoms with Crippen molar-refractivity contribution in [3.8, 4) is 0 Å². The zero-order chi connectivity index (χ0) is 20.0. The third-order valence-corrected chi connectivity index (χ3v) is 6.09. The van der Waals surface area contributed by atoms with Crippen molar-refractivity contribution >= 4 is 23.1 Å². The van der Waals surface area contributed by atoms with E-state index in [-0.39, 0.29) is 18.6 Å². The molecule has 0 saturated heterocycles. The molecule has 0 fully saturated rings. The highest BCUT2D eigenvalue weighted by Crippen LogP contribution is 2.21. The number of carbonyl (C=O) groups is 2. The Morgan fingerprint density at radius 3 is 2.25 bits per heavy atom. The smallest absolute Gasteiger partial charge is 0.303 e. The van der Waals surface area contributed by atoms with E-state index >= 15 is 0 Å². The van der Waals surface area contributed by atoms with Crippen LogP contribution >= 0.6 is 11.3 Å². The molecule has 0 atom stereocenters. The predicted octanol–water partition coefficient (Wildman–Crippen LogP) is 5.75. The molecule has 154 valence electrons. The molecule has 2 aromatic rings. The Bertz CT molecular complexity index is 694. The number of hydrogen-bond donors (Lipinski definition) is 1. The first-order chi connectivity index (χ1) is 13.6. The number of aryl methyl sites for hydroxylation is 2. The van der Waals surface area contributed by atoms with Crippen LogP contribution in [0.25, 0.3) is 0 Å². The molecule has 0 bridgehead atoms. The second kappa shape index (κ2) is 13.3. The maximum absolute atomic E-state index is 11.9. The van der Waals surface area contributed by atoms with Crippen molar-refractivity contribution in [1.29, 1.82) is 0 Å². The zero-order valence-electron chi connectivity index (χ0n) is 16.6. The second-order valence-corrected chi connectivity index (χ2v) is 8.48. The van der Waals surface area contributed by atoms with Crippen molar-refractivity contribution < 1.29 is 14.7 Å². The fraction of sp³-hybridized carbons (Fsp3) is 0.591. The molecule has 1 N–H and O–H groups in total. The van der Waals surface area contributed by atoms with E-state index in [9.17, 15) is 9.59 Å². The molecule has 0 saturated carbocycles. The van der Waals surface area contributed by atoms with Crippen LogP contribution in [-0.4, -0.2) is 26.4 Å². The number of carboxylic acid groups (broad SMARTS) is 1. The Hall–Kier alpha value is -1.95. The van der Waals surface area contributed by atoms with Crippen LogP contribution in [0.5, 0.6) is 0 Å². The largest absolute Gasteiger partial charge is 0.481 e. The molecule has 0 unspecified atom stereocenters. The molecule has 2 aromatic heterocycles. The third kappa shape index (κ3) is 9.31. The average Bonchev–Trinajstić information content (AvgIpc) is 3.36. The summed E-state index contributed by atoms with van der Waals surface area (Å²) >= 11 is 1.52. The van der Waals surface area contributed by atoms with Crippen LogP contribution < -0.4 is 0 Å². The van der Waals surface area contributed by atoms with Crippen molar-refractivity contribution in [1.82, 2.24) is 9.55 Å². The van der Waals surface area contributed by atoms with E-state index in [1.54, 1.807) is 0 Å². The summed E-state index contributed by atoms with van der Waals surface area (Å²) in [7, 11) is 0. The lowest BCUT2D eigenvalue weighted by Crippen LogP contribution is -2.01. The van der Waals surface area contributed by atoms with Crippen LogP contribution in [0.2, 0.25) is 0 Å². The maximum atomic E-state index is 11.9. The number of carbonyl (C=O) groups excluding carboxylic acids is 1. The molecule has 28 heavy (non-hydrogen) atoms. The minimum atomic E-state index is -0.917. The van der Waals surface area contributed by atoms with Crippen molar-refractivity contribution in [2.45, 2.75) is 83.6 Å². The molecule has 0 aliphatic carbocycles. The van der Waals surface area contributed by atoms with Crippen molar-refractivity contribution in [2.75, 3.05) is 0 Å². The molecule has 0 spiro atoms. The van der Waals surface area contributed by atoms with Crippen LogP contribution in [0, 0.1) is 0 Å². The van der Waals surface area contributed by atoms with E-state index in [0.29, 0.717) is 4.88 Å². The topological polar surface area (TPSA) is 72.2 Å². The van der Waals surface area contributed by atoms with E-state index in [1.165, 1.54) is 67.6 Å². The molecule has 0 aromatic carbocycles. The summed E-state index contributed by atoms with van der Waals surface area (Å²) in [5.41, 5.74) is 0. The zero-order valence-corrected chi connectivity index (χ0v) is 17.5. The van der Waals surface area contributed by atoms with Gasteiger partial charge >= 0.3 is 5.97 Å². The van der Waals surface area contributed by atoms with Gasteiger partial charge < -0.3 is 9.67 Å². The number of aliphatic carboxylic acids is 1. The minimum absolute atomic E-state index is 0.0522. The molecule has 2 rings (SSSR count). The highest BCUT2D eigenvalue weighted by molar-refractivity contribution is 7.14. The van der Waals surface area contributed by atoms with Gasteiger partial charge in [0.15, 0.2) is 5.78 Å². The highest BCUT2D eigenvalue weighted by atomic mass is 32.1. The summed E-state index contributed by atoms with van der Waals surface area (Å²) in [6.45, 7) is 1.08. The first-order valence-electron chi connectivity index (χ1n) is 10.4. The van der Waals surface area contributed by atoms with Gasteiger partial charge in [0.1, 0.15) is 0 Å². The van der Waals surface area contributed by atoms with Gasteiger partial charge in [-0.1, -0.05) is 44.9 Å². The van der Waals surface area contributed by atoms with E-state index in [0.717, 1.165) is 19.4 Å². The summed E-state index contributed by atoms with van der Waals surface area (Å²) in [5.74, 6) is -0.969. The first-order valence-corrected chi connectivity index (χ1v) is 11.3. The maximum Gasteiger partial charge on any atom is 0.303 e. The predicted molar refractivity (Wildman–Crippen MR) is 113 cm³/mol. The van der Waals surface area contributed by atoms with Gasteiger partial charge in [-0.2, -0.15) is 0 Å². The average molecular weight is 405 g/mol. The van der Waals surface area contributed by atoms with Crippen LogP contribution in [0.1, 0.15) is 85.2 Å². The number of unbranched alkanes of at least 4 members (excludes halogenated alkanes) is 8. The Kier molecular flexibility index (Phi) is 10.6. The Labute approximate surface area is 171 Å². The summed E-state index contributed by atoms with van der Waals surface area (Å²) in [4.78, 5) is 28.4. The van der Waals surface area contributed by atoms with Gasteiger partial charge in [0.2, 0.25) is 0 Å². The summed E-state index contributed by atoms with van der Waals surface area (Å²) in [6, 6.07) is 3.86. The molecular formula is C22H32N2O3S. The molecule has 5 nitrogen and oxygen atoms in total. The van der Waals surface area contributed by atoms with E-state index in [2.05, 4.69) is 9.55 Å². The van der Waals surface area contributed by atoms with Crippen molar-refractivity contribution in [3.05, 3.63) is 40.6 Å². The number of nitrogens with zero attached hydrogens (tertiary/aromatic N) is 2. The van der Waals surface area contributed by atoms with Gasteiger partial charge in [-0.3, -0.25) is 9.59 Å². The highest BCUT2D eigenvalue weighted by Gasteiger charge is 2.11. The van der Waals surface area contributed by atoms with Gasteiger partial charge in [0.25, 0.3) is 0 Å². The number of Topliss-reactive ketones (excluding diaryl/α,β-unsaturated/α-hetero) is 1. The standard InChI is InChI=1S/C22H32N2O3S/c25-20(12-14-22(26)27)21-13-11-19(28-21)10-8-6-4-2-1-3-5-7-9-16-24-17-15-23-18-24/h11,13,15,17-18H,1-10,12,14,16H2,(H,26,27). The van der Waals surface area contributed by atoms with Crippen molar-refractivity contribution in [3.63, 3.8) is 0 Å². The second-order valence-electron chi connectivity index (χ2n) is 7.32. The molecular weight excluding hydrogens is 372 g/mol. The summed E-state index contributed by atoms with van der Waals surface area (Å²) in [6.07, 6.45) is 18.3. The van der Waals surface area contributed by atoms with Gasteiger partial charge in [0.05, 0.1) is 17.6 Å². The number of ketones is 1. The molecule has 2 heterocycles. The fourth-order valence-corrected chi connectivity index (χ4v) is 4.27. The summed E-state index contributed by atoms with van der Waals surface area (Å²) in [5, 5.41) is 8.66. The minimum Gasteiger partial charge on any atom is -0.481 e. The van der Waals surface area contributed by atoms with E-state index in [1.807, 2.05) is 30.9 Å². The van der Waals surface area contributed by atoms with E-state index < -0.39 is 5.97 Å².